The summed E-state index contributed by atoms with van der Waals surface area (Å²) in [6.07, 6.45) is 1.86. The maximum atomic E-state index is 12.9. The molecule has 1 aromatic heterocycles. The molecule has 0 unspecified atom stereocenters. The third-order valence-electron chi connectivity index (χ3n) is 6.06. The number of likely N-dealkylation sites (N-methyl/N-ethyl adjacent to an activating group) is 1. The van der Waals surface area contributed by atoms with Crippen LogP contribution in [0.4, 0.5) is 5.69 Å². The van der Waals surface area contributed by atoms with Crippen molar-refractivity contribution in [3.8, 4) is 0 Å². The van der Waals surface area contributed by atoms with Crippen molar-refractivity contribution in [1.82, 2.24) is 19.7 Å². The number of hydrogen-bond acceptors (Lipinski definition) is 5. The Balaban J connectivity index is 1.29. The molecule has 0 bridgehead atoms. The fraction of sp³-hybridized carbons (Fsp3) is 0.478. The molecule has 0 N–H and O–H groups in total. The second-order valence-corrected chi connectivity index (χ2v) is 7.88. The van der Waals surface area contributed by atoms with E-state index in [1.54, 1.807) is 0 Å². The third kappa shape index (κ3) is 4.95. The van der Waals surface area contributed by atoms with Crippen molar-refractivity contribution in [3.63, 3.8) is 0 Å². The quantitative estimate of drug-likeness (QED) is 0.779. The van der Waals surface area contributed by atoms with E-state index >= 15 is 0 Å². The number of benzene rings is 1. The van der Waals surface area contributed by atoms with Gasteiger partial charge in [0.25, 0.3) is 5.91 Å². The number of carbonyl (C=O) groups is 1. The molecule has 0 aliphatic carbocycles. The molecular weight excluding hydrogens is 362 g/mol. The van der Waals surface area contributed by atoms with Crippen LogP contribution >= 0.6 is 0 Å². The highest BCUT2D eigenvalue weighted by atomic mass is 16.2. The highest BCUT2D eigenvalue weighted by Crippen LogP contribution is 2.17. The summed E-state index contributed by atoms with van der Waals surface area (Å²) in [5.41, 5.74) is 2.99. The lowest BCUT2D eigenvalue weighted by atomic mass is 10.2. The van der Waals surface area contributed by atoms with E-state index in [0.717, 1.165) is 71.1 Å². The lowest BCUT2D eigenvalue weighted by molar-refractivity contribution is 0.0623. The first-order valence-corrected chi connectivity index (χ1v) is 10.7. The molecule has 6 heteroatoms. The van der Waals surface area contributed by atoms with E-state index in [1.165, 1.54) is 5.56 Å². The highest BCUT2D eigenvalue weighted by Gasteiger charge is 2.23. The number of pyridine rings is 1. The normalized spacial score (nSPS) is 18.8. The maximum absolute atomic E-state index is 12.9. The van der Waals surface area contributed by atoms with Gasteiger partial charge in [0, 0.05) is 58.9 Å². The lowest BCUT2D eigenvalue weighted by Crippen LogP contribution is -2.48. The zero-order valence-corrected chi connectivity index (χ0v) is 17.3. The van der Waals surface area contributed by atoms with Crippen LogP contribution in [0.5, 0.6) is 0 Å². The zero-order valence-electron chi connectivity index (χ0n) is 17.3. The van der Waals surface area contributed by atoms with Crippen molar-refractivity contribution in [2.45, 2.75) is 13.5 Å². The molecule has 4 rings (SSSR count). The minimum absolute atomic E-state index is 0.0479. The first-order chi connectivity index (χ1) is 14.2. The molecule has 0 saturated carbocycles. The van der Waals surface area contributed by atoms with Gasteiger partial charge < -0.3 is 14.7 Å². The van der Waals surface area contributed by atoms with Crippen LogP contribution in [0.3, 0.4) is 0 Å². The van der Waals surface area contributed by atoms with E-state index < -0.39 is 0 Å². The summed E-state index contributed by atoms with van der Waals surface area (Å²) in [4.78, 5) is 26.5. The van der Waals surface area contributed by atoms with Crippen LogP contribution in [0.25, 0.3) is 0 Å². The first-order valence-electron chi connectivity index (χ1n) is 10.7. The molecule has 2 aromatic rings. The Morgan fingerprint density at radius 1 is 0.862 bits per heavy atom. The summed E-state index contributed by atoms with van der Waals surface area (Å²) in [6.45, 7) is 11.8. The molecule has 29 heavy (non-hydrogen) atoms. The number of anilines is 1. The molecule has 0 radical (unpaired) electrons. The van der Waals surface area contributed by atoms with Gasteiger partial charge in [-0.25, -0.2) is 4.98 Å². The molecule has 2 fully saturated rings. The van der Waals surface area contributed by atoms with E-state index in [2.05, 4.69) is 50.9 Å². The topological polar surface area (TPSA) is 42.9 Å². The largest absolute Gasteiger partial charge is 0.368 e. The Bertz CT molecular complexity index is 779. The Morgan fingerprint density at radius 2 is 1.55 bits per heavy atom. The Kier molecular flexibility index (Phi) is 6.42. The fourth-order valence-corrected chi connectivity index (χ4v) is 4.13. The maximum Gasteiger partial charge on any atom is 0.272 e. The molecule has 0 spiro atoms. The van der Waals surface area contributed by atoms with Gasteiger partial charge in [-0.3, -0.25) is 9.69 Å². The van der Waals surface area contributed by atoms with Gasteiger partial charge in [-0.2, -0.15) is 0 Å². The number of piperazine rings is 2. The molecule has 1 amide bonds. The first kappa shape index (κ1) is 19.9. The number of amides is 1. The van der Waals surface area contributed by atoms with Crippen LogP contribution in [0.15, 0.2) is 48.7 Å². The minimum Gasteiger partial charge on any atom is -0.368 e. The average molecular weight is 394 g/mol. The molecule has 0 atom stereocenters. The van der Waals surface area contributed by atoms with Crippen LogP contribution in [0.2, 0.25) is 0 Å². The van der Waals surface area contributed by atoms with E-state index in [0.29, 0.717) is 5.69 Å². The second-order valence-electron chi connectivity index (χ2n) is 7.88. The van der Waals surface area contributed by atoms with Crippen LogP contribution in [0, 0.1) is 0 Å². The van der Waals surface area contributed by atoms with Crippen LogP contribution in [-0.4, -0.2) is 84.5 Å². The summed E-state index contributed by atoms with van der Waals surface area (Å²) in [5.74, 6) is 0.0479. The van der Waals surface area contributed by atoms with E-state index in [-0.39, 0.29) is 5.91 Å². The lowest BCUT2D eigenvalue weighted by Gasteiger charge is -2.35. The predicted molar refractivity (Wildman–Crippen MR) is 116 cm³/mol. The second kappa shape index (κ2) is 9.37. The van der Waals surface area contributed by atoms with Gasteiger partial charge in [0.2, 0.25) is 0 Å². The Morgan fingerprint density at radius 3 is 2.17 bits per heavy atom. The Labute approximate surface area is 173 Å². The highest BCUT2D eigenvalue weighted by molar-refractivity contribution is 5.92. The summed E-state index contributed by atoms with van der Waals surface area (Å²) >= 11 is 0. The number of carbonyl (C=O) groups excluding carboxylic acids is 1. The molecular formula is C23H31N5O. The van der Waals surface area contributed by atoms with Crippen molar-refractivity contribution in [2.75, 3.05) is 63.8 Å². The van der Waals surface area contributed by atoms with Crippen molar-refractivity contribution in [3.05, 3.63) is 59.9 Å². The molecule has 6 nitrogen and oxygen atoms in total. The van der Waals surface area contributed by atoms with E-state index in [4.69, 9.17) is 0 Å². The molecule has 2 aliphatic rings. The zero-order chi connectivity index (χ0) is 20.1. The third-order valence-corrected chi connectivity index (χ3v) is 6.06. The molecule has 3 heterocycles. The van der Waals surface area contributed by atoms with Crippen LogP contribution < -0.4 is 4.90 Å². The molecule has 1 aromatic carbocycles. The molecule has 154 valence electrons. The Hall–Kier alpha value is -2.44. The van der Waals surface area contributed by atoms with Crippen LogP contribution in [-0.2, 0) is 6.54 Å². The summed E-state index contributed by atoms with van der Waals surface area (Å²) in [5, 5.41) is 0. The number of aromatic nitrogens is 1. The summed E-state index contributed by atoms with van der Waals surface area (Å²) < 4.78 is 0. The molecule has 2 aliphatic heterocycles. The van der Waals surface area contributed by atoms with Gasteiger partial charge >= 0.3 is 0 Å². The monoisotopic (exact) mass is 393 g/mol. The predicted octanol–water partition coefficient (Wildman–Crippen LogP) is 2.18. The molecule has 2 saturated heterocycles. The summed E-state index contributed by atoms with van der Waals surface area (Å²) in [6, 6.07) is 14.5. The smallest absolute Gasteiger partial charge is 0.272 e. The average Bonchev–Trinajstić information content (AvgIpc) is 2.80. The number of hydrogen-bond donors (Lipinski definition) is 0. The van der Waals surface area contributed by atoms with Crippen molar-refractivity contribution < 1.29 is 4.79 Å². The van der Waals surface area contributed by atoms with Crippen LogP contribution in [0.1, 0.15) is 23.0 Å². The number of rotatable bonds is 5. The summed E-state index contributed by atoms with van der Waals surface area (Å²) in [7, 11) is 0. The van der Waals surface area contributed by atoms with Gasteiger partial charge in [-0.1, -0.05) is 37.3 Å². The van der Waals surface area contributed by atoms with Gasteiger partial charge in [0.05, 0.1) is 11.9 Å². The minimum atomic E-state index is 0.0479. The van der Waals surface area contributed by atoms with Gasteiger partial charge in [0.1, 0.15) is 5.69 Å². The number of nitrogens with zero attached hydrogens (tertiary/aromatic N) is 5. The van der Waals surface area contributed by atoms with Crippen molar-refractivity contribution in [1.29, 1.82) is 0 Å². The van der Waals surface area contributed by atoms with Crippen molar-refractivity contribution >= 4 is 11.6 Å². The van der Waals surface area contributed by atoms with Gasteiger partial charge in [-0.05, 0) is 24.2 Å². The van der Waals surface area contributed by atoms with E-state index in [1.807, 2.05) is 29.3 Å². The SMILES string of the molecule is CCN1CCN(c2ccc(C(=O)N3CCN(Cc4ccccc4)CC3)nc2)CC1. The fourth-order valence-electron chi connectivity index (χ4n) is 4.13. The van der Waals surface area contributed by atoms with Gasteiger partial charge in [0.15, 0.2) is 0 Å². The van der Waals surface area contributed by atoms with E-state index in [9.17, 15) is 4.79 Å². The van der Waals surface area contributed by atoms with Gasteiger partial charge in [-0.15, -0.1) is 0 Å². The van der Waals surface area contributed by atoms with Crippen molar-refractivity contribution in [2.24, 2.45) is 0 Å². The standard InChI is InChI=1S/C23H31N5O/c1-2-25-10-14-27(15-11-25)21-8-9-22(24-18-21)23(29)28-16-12-26(13-17-28)19-20-6-4-3-5-7-20/h3-9,18H,2,10-17,19H2,1H3.